The first kappa shape index (κ1) is 8.56. The van der Waals surface area contributed by atoms with E-state index < -0.39 is 6.11 Å². The minimum Gasteiger partial charge on any atom is -0.320 e. The van der Waals surface area contributed by atoms with Crippen molar-refractivity contribution >= 4 is 0 Å². The third-order valence-electron chi connectivity index (χ3n) is 0.677. The molecule has 54 valence electrons. The molecule has 3 heteroatoms. The van der Waals surface area contributed by atoms with E-state index in [1.807, 2.05) is 0 Å². The van der Waals surface area contributed by atoms with E-state index in [2.05, 4.69) is 11.3 Å². The molecule has 0 heterocycles. The van der Waals surface area contributed by atoms with E-state index in [-0.39, 0.29) is 6.61 Å². The van der Waals surface area contributed by atoms with E-state index in [9.17, 15) is 8.78 Å². The smallest absolute Gasteiger partial charge is 0.320 e. The summed E-state index contributed by atoms with van der Waals surface area (Å²) in [6.45, 7) is 4.11. The normalized spacial score (nSPS) is 11.4. The summed E-state index contributed by atoms with van der Waals surface area (Å²) in [6, 6.07) is 0. The summed E-state index contributed by atoms with van der Waals surface area (Å²) in [5.41, 5.74) is 0. The first-order valence-corrected chi connectivity index (χ1v) is 2.69. The molecule has 0 aromatic heterocycles. The first-order chi connectivity index (χ1) is 4.06. The van der Waals surface area contributed by atoms with Crippen molar-refractivity contribution in [1.29, 1.82) is 0 Å². The maximum absolute atomic E-state index is 11.8. The van der Waals surface area contributed by atoms with Crippen LogP contribution in [0.3, 0.4) is 0 Å². The molecule has 0 aliphatic rings. The maximum atomic E-state index is 11.8. The van der Waals surface area contributed by atoms with Gasteiger partial charge in [0.15, 0.2) is 0 Å². The lowest BCUT2D eigenvalue weighted by Gasteiger charge is -2.08. The molecule has 0 fully saturated rings. The molecule has 1 nitrogen and oxygen atoms in total. The van der Waals surface area contributed by atoms with Crippen molar-refractivity contribution in [1.82, 2.24) is 0 Å². The maximum Gasteiger partial charge on any atom is 0.352 e. The molecule has 0 unspecified atom stereocenters. The molecule has 0 aliphatic carbocycles. The number of alkyl halides is 2. The third kappa shape index (κ3) is 7.56. The first-order valence-electron chi connectivity index (χ1n) is 2.69. The molecule has 0 bridgehead atoms. The highest BCUT2D eigenvalue weighted by Crippen LogP contribution is 2.12. The van der Waals surface area contributed by atoms with Gasteiger partial charge in [-0.15, -0.1) is 6.58 Å². The lowest BCUT2D eigenvalue weighted by molar-refractivity contribution is -0.222. The van der Waals surface area contributed by atoms with Gasteiger partial charge in [-0.3, -0.25) is 0 Å². The van der Waals surface area contributed by atoms with Crippen LogP contribution < -0.4 is 0 Å². The summed E-state index contributed by atoms with van der Waals surface area (Å²) < 4.78 is 27.6. The van der Waals surface area contributed by atoms with Crippen molar-refractivity contribution in [2.24, 2.45) is 0 Å². The molecule has 0 aromatic rings. The highest BCUT2D eigenvalue weighted by Gasteiger charge is 2.20. The van der Waals surface area contributed by atoms with Gasteiger partial charge in [-0.1, -0.05) is 6.08 Å². The van der Waals surface area contributed by atoms with Crippen LogP contribution in [-0.4, -0.2) is 12.7 Å². The van der Waals surface area contributed by atoms with Gasteiger partial charge in [0.1, 0.15) is 0 Å². The molecule has 0 atom stereocenters. The topological polar surface area (TPSA) is 9.23 Å². The molecule has 9 heavy (non-hydrogen) atoms. The van der Waals surface area contributed by atoms with Gasteiger partial charge < -0.3 is 4.74 Å². The van der Waals surface area contributed by atoms with Gasteiger partial charge in [-0.2, -0.15) is 8.78 Å². The van der Waals surface area contributed by atoms with Gasteiger partial charge in [0.2, 0.25) is 0 Å². The Bertz CT molecular complexity index is 85.5. The summed E-state index contributed by atoms with van der Waals surface area (Å²) in [6.07, 6.45) is -1.00. The second kappa shape index (κ2) is 3.56. The lowest BCUT2D eigenvalue weighted by atomic mass is 10.4. The number of rotatable bonds is 4. The van der Waals surface area contributed by atoms with E-state index in [1.165, 1.54) is 6.08 Å². The molecule has 0 amide bonds. The van der Waals surface area contributed by atoms with Crippen molar-refractivity contribution in [2.45, 2.75) is 19.5 Å². The zero-order valence-corrected chi connectivity index (χ0v) is 5.36. The minimum absolute atomic E-state index is 0.0347. The van der Waals surface area contributed by atoms with Crippen molar-refractivity contribution in [2.75, 3.05) is 6.61 Å². The van der Waals surface area contributed by atoms with Crippen LogP contribution in [0.4, 0.5) is 8.78 Å². The summed E-state index contributed by atoms with van der Waals surface area (Å²) in [5.74, 6) is 0. The van der Waals surface area contributed by atoms with Crippen molar-refractivity contribution in [3.63, 3.8) is 0 Å². The highest BCUT2D eigenvalue weighted by atomic mass is 19.3. The quantitative estimate of drug-likeness (QED) is 0.425. The molecular formula is C6H10F2O. The Kier molecular flexibility index (Phi) is 3.39. The van der Waals surface area contributed by atoms with E-state index in [4.69, 9.17) is 0 Å². The molecular weight excluding hydrogens is 126 g/mol. The molecule has 0 N–H and O–H groups in total. The Labute approximate surface area is 53.3 Å². The van der Waals surface area contributed by atoms with Gasteiger partial charge >= 0.3 is 6.11 Å². The fourth-order valence-corrected chi connectivity index (χ4v) is 0.321. The Morgan fingerprint density at radius 2 is 2.22 bits per heavy atom. The standard InChI is InChI=1S/C6H10F2O/c1-3-4-5-9-6(2,7)8/h3H,1,4-5H2,2H3. The molecule has 0 rings (SSSR count). The zero-order chi connectivity index (χ0) is 7.33. The van der Waals surface area contributed by atoms with Crippen LogP contribution in [0.15, 0.2) is 12.7 Å². The van der Waals surface area contributed by atoms with Crippen LogP contribution in [0.5, 0.6) is 0 Å². The monoisotopic (exact) mass is 136 g/mol. The Balaban J connectivity index is 3.17. The molecule has 0 saturated carbocycles. The van der Waals surface area contributed by atoms with Gasteiger partial charge in [0, 0.05) is 6.92 Å². The lowest BCUT2D eigenvalue weighted by Crippen LogP contribution is -2.15. The minimum atomic E-state index is -3.00. The van der Waals surface area contributed by atoms with E-state index in [0.717, 1.165) is 6.92 Å². The number of hydrogen-bond donors (Lipinski definition) is 0. The van der Waals surface area contributed by atoms with E-state index in [1.54, 1.807) is 0 Å². The van der Waals surface area contributed by atoms with Crippen LogP contribution in [0.2, 0.25) is 0 Å². The van der Waals surface area contributed by atoms with Gasteiger partial charge in [0.25, 0.3) is 0 Å². The van der Waals surface area contributed by atoms with Crippen LogP contribution in [0, 0.1) is 0 Å². The summed E-state index contributed by atoms with van der Waals surface area (Å²) >= 11 is 0. The summed E-state index contributed by atoms with van der Waals surface area (Å²) in [4.78, 5) is 0. The van der Waals surface area contributed by atoms with Crippen molar-refractivity contribution in [3.8, 4) is 0 Å². The van der Waals surface area contributed by atoms with Gasteiger partial charge in [-0.25, -0.2) is 0 Å². The number of halogens is 2. The van der Waals surface area contributed by atoms with Gasteiger partial charge in [0.05, 0.1) is 6.61 Å². The van der Waals surface area contributed by atoms with Crippen LogP contribution in [-0.2, 0) is 4.74 Å². The Morgan fingerprint density at radius 1 is 1.67 bits per heavy atom. The number of ether oxygens (including phenoxy) is 1. The van der Waals surface area contributed by atoms with Crippen LogP contribution in [0.1, 0.15) is 13.3 Å². The van der Waals surface area contributed by atoms with E-state index in [0.29, 0.717) is 6.42 Å². The van der Waals surface area contributed by atoms with Crippen LogP contribution >= 0.6 is 0 Å². The highest BCUT2D eigenvalue weighted by molar-refractivity contribution is 4.64. The summed E-state index contributed by atoms with van der Waals surface area (Å²) in [5, 5.41) is 0. The molecule has 0 aliphatic heterocycles. The van der Waals surface area contributed by atoms with Crippen LogP contribution in [0.25, 0.3) is 0 Å². The largest absolute Gasteiger partial charge is 0.352 e. The zero-order valence-electron chi connectivity index (χ0n) is 5.36. The Hall–Kier alpha value is -0.440. The second-order valence-corrected chi connectivity index (χ2v) is 1.73. The number of hydrogen-bond acceptors (Lipinski definition) is 1. The second-order valence-electron chi connectivity index (χ2n) is 1.73. The van der Waals surface area contributed by atoms with Gasteiger partial charge in [-0.05, 0) is 6.42 Å². The van der Waals surface area contributed by atoms with Crippen molar-refractivity contribution in [3.05, 3.63) is 12.7 Å². The molecule has 0 saturated heterocycles. The fraction of sp³-hybridized carbons (Fsp3) is 0.667. The van der Waals surface area contributed by atoms with Crippen molar-refractivity contribution < 1.29 is 13.5 Å². The molecule has 0 radical (unpaired) electrons. The molecule has 0 spiro atoms. The Morgan fingerprint density at radius 3 is 2.56 bits per heavy atom. The average molecular weight is 136 g/mol. The molecule has 0 aromatic carbocycles. The average Bonchev–Trinajstić information content (AvgIpc) is 1.63. The predicted molar refractivity (Wildman–Crippen MR) is 31.4 cm³/mol. The SMILES string of the molecule is C=CCCOC(C)(F)F. The predicted octanol–water partition coefficient (Wildman–Crippen LogP) is 2.19. The van der Waals surface area contributed by atoms with E-state index >= 15 is 0 Å². The fourth-order valence-electron chi connectivity index (χ4n) is 0.321. The summed E-state index contributed by atoms with van der Waals surface area (Å²) in [7, 11) is 0. The third-order valence-corrected chi connectivity index (χ3v) is 0.677.